The SMILES string of the molecule is O=C(Nc1cccc(-c2ncnc3sc(-c4ccccc4)cc23)c1)c1cccc(C(F)(F)F)c1. The number of thiophene rings is 1. The summed E-state index contributed by atoms with van der Waals surface area (Å²) in [6, 6.07) is 23.4. The van der Waals surface area contributed by atoms with Crippen molar-refractivity contribution in [2.75, 3.05) is 5.32 Å². The van der Waals surface area contributed by atoms with Crippen LogP contribution in [0.4, 0.5) is 18.9 Å². The zero-order valence-corrected chi connectivity index (χ0v) is 18.3. The summed E-state index contributed by atoms with van der Waals surface area (Å²) in [5.74, 6) is -0.627. The van der Waals surface area contributed by atoms with Gasteiger partial charge in [0.25, 0.3) is 5.91 Å². The lowest BCUT2D eigenvalue weighted by molar-refractivity contribution is -0.137. The van der Waals surface area contributed by atoms with Crippen LogP contribution in [-0.2, 0) is 6.18 Å². The Kier molecular flexibility index (Phi) is 5.59. The molecule has 0 unspecified atom stereocenters. The Morgan fingerprint density at radius 3 is 2.38 bits per heavy atom. The molecule has 34 heavy (non-hydrogen) atoms. The summed E-state index contributed by atoms with van der Waals surface area (Å²) >= 11 is 1.56. The van der Waals surface area contributed by atoms with Gasteiger partial charge in [0.1, 0.15) is 11.2 Å². The monoisotopic (exact) mass is 475 g/mol. The highest BCUT2D eigenvalue weighted by Gasteiger charge is 2.30. The van der Waals surface area contributed by atoms with E-state index in [1.165, 1.54) is 18.5 Å². The predicted octanol–water partition coefficient (Wildman–Crippen LogP) is 7.30. The third-order valence-electron chi connectivity index (χ3n) is 5.23. The molecule has 4 nitrogen and oxygen atoms in total. The van der Waals surface area contributed by atoms with Crippen LogP contribution >= 0.6 is 11.3 Å². The lowest BCUT2D eigenvalue weighted by atomic mass is 10.1. The van der Waals surface area contributed by atoms with Gasteiger partial charge in [-0.05, 0) is 42.0 Å². The lowest BCUT2D eigenvalue weighted by Gasteiger charge is -2.10. The maximum atomic E-state index is 13.0. The summed E-state index contributed by atoms with van der Waals surface area (Å²) in [5.41, 5.74) is 2.05. The quantitative estimate of drug-likeness (QED) is 0.297. The van der Waals surface area contributed by atoms with Gasteiger partial charge in [0.2, 0.25) is 0 Å². The third kappa shape index (κ3) is 4.40. The standard InChI is InChI=1S/C26H16F3N3OS/c27-26(28,29)19-10-4-9-18(12-19)24(33)32-20-11-5-8-17(13-20)23-21-14-22(16-6-2-1-3-7-16)34-25(21)31-15-30-23/h1-15H,(H,32,33). The summed E-state index contributed by atoms with van der Waals surface area (Å²) in [7, 11) is 0. The molecule has 0 spiro atoms. The van der Waals surface area contributed by atoms with E-state index in [-0.39, 0.29) is 5.56 Å². The Morgan fingerprint density at radius 2 is 1.59 bits per heavy atom. The van der Waals surface area contributed by atoms with Crippen molar-refractivity contribution in [2.24, 2.45) is 0 Å². The van der Waals surface area contributed by atoms with Crippen LogP contribution in [-0.4, -0.2) is 15.9 Å². The van der Waals surface area contributed by atoms with Crippen molar-refractivity contribution in [1.82, 2.24) is 9.97 Å². The predicted molar refractivity (Wildman–Crippen MR) is 128 cm³/mol. The Hall–Kier alpha value is -4.04. The first-order valence-corrected chi connectivity index (χ1v) is 11.1. The third-order valence-corrected chi connectivity index (χ3v) is 6.33. The van der Waals surface area contributed by atoms with E-state index in [0.717, 1.165) is 38.4 Å². The lowest BCUT2D eigenvalue weighted by Crippen LogP contribution is -2.14. The van der Waals surface area contributed by atoms with E-state index in [4.69, 9.17) is 0 Å². The molecule has 1 N–H and O–H groups in total. The Bertz CT molecular complexity index is 1500. The highest BCUT2D eigenvalue weighted by Crippen LogP contribution is 2.37. The molecule has 2 aromatic heterocycles. The molecule has 0 saturated carbocycles. The fourth-order valence-electron chi connectivity index (χ4n) is 3.61. The number of hydrogen-bond donors (Lipinski definition) is 1. The van der Waals surface area contributed by atoms with Gasteiger partial charge in [-0.1, -0.05) is 48.5 Å². The summed E-state index contributed by atoms with van der Waals surface area (Å²) < 4.78 is 39.0. The van der Waals surface area contributed by atoms with E-state index in [2.05, 4.69) is 15.3 Å². The molecule has 5 aromatic rings. The molecule has 0 fully saturated rings. The summed E-state index contributed by atoms with van der Waals surface area (Å²) in [4.78, 5) is 23.4. The number of amides is 1. The summed E-state index contributed by atoms with van der Waals surface area (Å²) in [6.07, 6.45) is -3.02. The van der Waals surface area contributed by atoms with Crippen molar-refractivity contribution in [3.05, 3.63) is 102 Å². The first kappa shape index (κ1) is 21.8. The largest absolute Gasteiger partial charge is 0.416 e. The van der Waals surface area contributed by atoms with Crippen molar-refractivity contribution < 1.29 is 18.0 Å². The second kappa shape index (κ2) is 8.72. The number of halogens is 3. The van der Waals surface area contributed by atoms with Crippen molar-refractivity contribution >= 4 is 33.1 Å². The molecule has 0 atom stereocenters. The molecule has 1 amide bonds. The topological polar surface area (TPSA) is 54.9 Å². The molecular formula is C26H16F3N3OS. The number of rotatable bonds is 4. The number of nitrogens with zero attached hydrogens (tertiary/aromatic N) is 2. The highest BCUT2D eigenvalue weighted by molar-refractivity contribution is 7.21. The van der Waals surface area contributed by atoms with Crippen LogP contribution < -0.4 is 5.32 Å². The van der Waals surface area contributed by atoms with E-state index < -0.39 is 17.6 Å². The van der Waals surface area contributed by atoms with Gasteiger partial charge < -0.3 is 5.32 Å². The zero-order chi connectivity index (χ0) is 23.7. The molecule has 0 aliphatic heterocycles. The second-order valence-corrected chi connectivity index (χ2v) is 8.56. The van der Waals surface area contributed by atoms with Crippen molar-refractivity contribution in [1.29, 1.82) is 0 Å². The first-order valence-electron chi connectivity index (χ1n) is 10.3. The van der Waals surface area contributed by atoms with Crippen molar-refractivity contribution in [2.45, 2.75) is 6.18 Å². The number of carbonyl (C=O) groups is 1. The molecule has 0 aliphatic carbocycles. The van der Waals surface area contributed by atoms with Crippen LogP contribution in [0.5, 0.6) is 0 Å². The number of aromatic nitrogens is 2. The van der Waals surface area contributed by atoms with Crippen molar-refractivity contribution in [3.63, 3.8) is 0 Å². The summed E-state index contributed by atoms with van der Waals surface area (Å²) in [6.45, 7) is 0. The van der Waals surface area contributed by atoms with Gasteiger partial charge in [-0.3, -0.25) is 4.79 Å². The molecule has 0 saturated heterocycles. The van der Waals surface area contributed by atoms with E-state index >= 15 is 0 Å². The van der Waals surface area contributed by atoms with Gasteiger partial charge in [-0.15, -0.1) is 11.3 Å². The van der Waals surface area contributed by atoms with E-state index in [0.29, 0.717) is 11.4 Å². The highest BCUT2D eigenvalue weighted by atomic mass is 32.1. The smallest absolute Gasteiger partial charge is 0.322 e. The molecule has 5 rings (SSSR count). The number of benzene rings is 3. The first-order chi connectivity index (χ1) is 16.4. The normalized spacial score (nSPS) is 11.5. The van der Waals surface area contributed by atoms with Crippen LogP contribution in [0.2, 0.25) is 0 Å². The molecular weight excluding hydrogens is 459 g/mol. The second-order valence-electron chi connectivity index (χ2n) is 7.53. The van der Waals surface area contributed by atoms with Gasteiger partial charge >= 0.3 is 6.18 Å². The molecule has 0 bridgehead atoms. The van der Waals surface area contributed by atoms with Crippen LogP contribution in [0.1, 0.15) is 15.9 Å². The summed E-state index contributed by atoms with van der Waals surface area (Å²) in [5, 5.41) is 3.56. The average molecular weight is 475 g/mol. The minimum atomic E-state index is -4.52. The molecule has 8 heteroatoms. The molecule has 168 valence electrons. The number of nitrogens with one attached hydrogen (secondary N) is 1. The molecule has 2 heterocycles. The number of carbonyl (C=O) groups excluding carboxylic acids is 1. The van der Waals surface area contributed by atoms with E-state index in [1.807, 2.05) is 42.5 Å². The van der Waals surface area contributed by atoms with Gasteiger partial charge in [0.05, 0.1) is 11.3 Å². The number of anilines is 1. The van der Waals surface area contributed by atoms with Gasteiger partial charge in [0, 0.05) is 27.1 Å². The number of hydrogen-bond acceptors (Lipinski definition) is 4. The fraction of sp³-hybridized carbons (Fsp3) is 0.0385. The van der Waals surface area contributed by atoms with E-state index in [9.17, 15) is 18.0 Å². The molecule has 0 aliphatic rings. The number of fused-ring (bicyclic) bond motifs is 1. The minimum absolute atomic E-state index is 0.0741. The van der Waals surface area contributed by atoms with Crippen molar-refractivity contribution in [3.8, 4) is 21.7 Å². The maximum Gasteiger partial charge on any atom is 0.416 e. The number of alkyl halides is 3. The van der Waals surface area contributed by atoms with Gasteiger partial charge in [0.15, 0.2) is 0 Å². The maximum absolute atomic E-state index is 13.0. The van der Waals surface area contributed by atoms with Crippen LogP contribution in [0.15, 0.2) is 91.3 Å². The molecule has 3 aromatic carbocycles. The molecule has 0 radical (unpaired) electrons. The van der Waals surface area contributed by atoms with Crippen LogP contribution in [0, 0.1) is 0 Å². The minimum Gasteiger partial charge on any atom is -0.322 e. The van der Waals surface area contributed by atoms with Gasteiger partial charge in [-0.2, -0.15) is 13.2 Å². The Balaban J connectivity index is 1.46. The van der Waals surface area contributed by atoms with E-state index in [1.54, 1.807) is 29.5 Å². The Morgan fingerprint density at radius 1 is 0.824 bits per heavy atom. The Labute approximate surface area is 196 Å². The zero-order valence-electron chi connectivity index (χ0n) is 17.5. The van der Waals surface area contributed by atoms with Crippen LogP contribution in [0.25, 0.3) is 31.9 Å². The average Bonchev–Trinajstić information content (AvgIpc) is 3.29. The van der Waals surface area contributed by atoms with Gasteiger partial charge in [-0.25, -0.2) is 9.97 Å². The fourth-order valence-corrected chi connectivity index (χ4v) is 4.62. The van der Waals surface area contributed by atoms with Crippen LogP contribution in [0.3, 0.4) is 0 Å².